The van der Waals surface area contributed by atoms with Gasteiger partial charge in [-0.3, -0.25) is 4.79 Å². The van der Waals surface area contributed by atoms with Gasteiger partial charge in [-0.1, -0.05) is 19.6 Å². The van der Waals surface area contributed by atoms with Gasteiger partial charge in [-0.15, -0.1) is 0 Å². The highest BCUT2D eigenvalue weighted by atomic mass is 28.3. The Morgan fingerprint density at radius 3 is 2.25 bits per heavy atom. The number of ether oxygens (including phenoxy) is 1. The Morgan fingerprint density at radius 2 is 2.00 bits per heavy atom. The van der Waals surface area contributed by atoms with Gasteiger partial charge in [-0.05, 0) is 6.04 Å². The van der Waals surface area contributed by atoms with E-state index in [-0.39, 0.29) is 18.7 Å². The quantitative estimate of drug-likeness (QED) is 0.536. The number of aliphatic hydroxyl groups is 1. The van der Waals surface area contributed by atoms with Crippen molar-refractivity contribution in [2.24, 2.45) is 0 Å². The van der Waals surface area contributed by atoms with Gasteiger partial charge >= 0.3 is 5.97 Å². The number of carbonyl (C=O) groups excluding carboxylic acids is 1. The van der Waals surface area contributed by atoms with Crippen LogP contribution in [0.2, 0.25) is 25.7 Å². The Balaban J connectivity index is 3.92. The van der Waals surface area contributed by atoms with E-state index < -0.39 is 8.07 Å². The van der Waals surface area contributed by atoms with Gasteiger partial charge in [0.2, 0.25) is 0 Å². The third-order valence-corrected chi connectivity index (χ3v) is 3.06. The number of carbonyl (C=O) groups is 1. The van der Waals surface area contributed by atoms with Crippen molar-refractivity contribution in [1.29, 1.82) is 0 Å². The molecule has 0 saturated heterocycles. The van der Waals surface area contributed by atoms with Crippen molar-refractivity contribution in [2.75, 3.05) is 6.61 Å². The smallest absolute Gasteiger partial charge is 0.302 e. The average Bonchev–Trinajstić information content (AvgIpc) is 1.82. The van der Waals surface area contributed by atoms with E-state index in [4.69, 9.17) is 9.84 Å². The first-order valence-corrected chi connectivity index (χ1v) is 7.84. The second kappa shape index (κ2) is 4.62. The lowest BCUT2D eigenvalue weighted by Gasteiger charge is -2.22. The van der Waals surface area contributed by atoms with Crippen LogP contribution in [0.4, 0.5) is 0 Å². The van der Waals surface area contributed by atoms with Crippen LogP contribution in [0.5, 0.6) is 0 Å². The first-order valence-electron chi connectivity index (χ1n) is 4.13. The molecule has 0 aromatic rings. The fourth-order valence-corrected chi connectivity index (χ4v) is 2.64. The van der Waals surface area contributed by atoms with Gasteiger partial charge in [0.05, 0.1) is 6.61 Å². The normalized spacial score (nSPS) is 14.1. The third-order valence-electron chi connectivity index (χ3n) is 1.38. The maximum Gasteiger partial charge on any atom is 0.302 e. The third kappa shape index (κ3) is 6.36. The summed E-state index contributed by atoms with van der Waals surface area (Å²) in [7, 11) is -1.25. The molecule has 0 heterocycles. The zero-order valence-electron chi connectivity index (χ0n) is 8.26. The molecule has 0 saturated carbocycles. The summed E-state index contributed by atoms with van der Waals surface area (Å²) in [6.45, 7) is 7.84. The lowest BCUT2D eigenvalue weighted by Crippen LogP contribution is -2.31. The van der Waals surface area contributed by atoms with E-state index in [1.54, 1.807) is 0 Å². The van der Waals surface area contributed by atoms with Crippen LogP contribution >= 0.6 is 0 Å². The summed E-state index contributed by atoms with van der Waals surface area (Å²) in [5.74, 6) is -0.313. The molecule has 0 aromatic carbocycles. The lowest BCUT2D eigenvalue weighted by molar-refractivity contribution is -0.147. The SMILES string of the molecule is CC(=O)OC(CO)C[Si](C)(C)C. The van der Waals surface area contributed by atoms with Crippen LogP contribution in [0.15, 0.2) is 0 Å². The van der Waals surface area contributed by atoms with Gasteiger partial charge in [0.25, 0.3) is 0 Å². The van der Waals surface area contributed by atoms with Crippen molar-refractivity contribution in [3.8, 4) is 0 Å². The molecule has 0 amide bonds. The minimum absolute atomic E-state index is 0.0656. The van der Waals surface area contributed by atoms with Crippen LogP contribution in [0.25, 0.3) is 0 Å². The summed E-state index contributed by atoms with van der Waals surface area (Å²) in [4.78, 5) is 10.6. The summed E-state index contributed by atoms with van der Waals surface area (Å²) >= 11 is 0. The van der Waals surface area contributed by atoms with E-state index in [0.717, 1.165) is 6.04 Å². The monoisotopic (exact) mass is 190 g/mol. The molecule has 1 N–H and O–H groups in total. The molecule has 72 valence electrons. The molecule has 4 heteroatoms. The summed E-state index contributed by atoms with van der Waals surface area (Å²) < 4.78 is 4.92. The van der Waals surface area contributed by atoms with Crippen LogP contribution < -0.4 is 0 Å². The lowest BCUT2D eigenvalue weighted by atomic mass is 10.4. The standard InChI is InChI=1S/C8H18O3Si/c1-7(10)11-8(5-9)6-12(2,3)4/h8-9H,5-6H2,1-4H3. The Morgan fingerprint density at radius 1 is 1.50 bits per heavy atom. The van der Waals surface area contributed by atoms with Gasteiger partial charge in [-0.2, -0.15) is 0 Å². The number of aliphatic hydroxyl groups excluding tert-OH is 1. The fraction of sp³-hybridized carbons (Fsp3) is 0.875. The minimum Gasteiger partial charge on any atom is -0.460 e. The van der Waals surface area contributed by atoms with E-state index in [1.807, 2.05) is 0 Å². The van der Waals surface area contributed by atoms with E-state index in [1.165, 1.54) is 6.92 Å². The minimum atomic E-state index is -1.25. The zero-order chi connectivity index (χ0) is 9.78. The summed E-state index contributed by atoms with van der Waals surface area (Å²) in [5.41, 5.74) is 0. The molecular formula is C8H18O3Si. The van der Waals surface area contributed by atoms with Crippen molar-refractivity contribution >= 4 is 14.0 Å². The van der Waals surface area contributed by atoms with Gasteiger partial charge < -0.3 is 9.84 Å². The van der Waals surface area contributed by atoms with E-state index in [9.17, 15) is 4.79 Å². The Hall–Kier alpha value is -0.353. The number of esters is 1. The van der Waals surface area contributed by atoms with Gasteiger partial charge in [0.15, 0.2) is 0 Å². The molecule has 0 fully saturated rings. The first-order chi connectivity index (χ1) is 5.35. The predicted molar refractivity (Wildman–Crippen MR) is 50.8 cm³/mol. The van der Waals surface area contributed by atoms with Crippen molar-refractivity contribution in [1.82, 2.24) is 0 Å². The summed E-state index contributed by atoms with van der Waals surface area (Å²) in [6.07, 6.45) is -0.297. The van der Waals surface area contributed by atoms with Crippen LogP contribution in [-0.2, 0) is 9.53 Å². The molecule has 0 radical (unpaired) electrons. The van der Waals surface area contributed by atoms with Gasteiger partial charge in [-0.25, -0.2) is 0 Å². The van der Waals surface area contributed by atoms with Crippen LogP contribution in [0, 0.1) is 0 Å². The highest BCUT2D eigenvalue weighted by molar-refractivity contribution is 6.76. The molecule has 0 aliphatic rings. The molecule has 0 aromatic heterocycles. The Kier molecular flexibility index (Phi) is 4.48. The molecule has 3 nitrogen and oxygen atoms in total. The molecule has 12 heavy (non-hydrogen) atoms. The van der Waals surface area contributed by atoms with E-state index in [0.29, 0.717) is 0 Å². The van der Waals surface area contributed by atoms with Gasteiger partial charge in [0.1, 0.15) is 6.10 Å². The second-order valence-electron chi connectivity index (χ2n) is 4.18. The molecule has 0 spiro atoms. The molecule has 0 aliphatic heterocycles. The second-order valence-corrected chi connectivity index (χ2v) is 9.71. The van der Waals surface area contributed by atoms with Crippen LogP contribution in [-0.4, -0.2) is 31.9 Å². The average molecular weight is 190 g/mol. The zero-order valence-corrected chi connectivity index (χ0v) is 9.26. The molecule has 1 atom stereocenters. The number of hydrogen-bond donors (Lipinski definition) is 1. The van der Waals surface area contributed by atoms with Crippen molar-refractivity contribution in [3.63, 3.8) is 0 Å². The van der Waals surface area contributed by atoms with Crippen molar-refractivity contribution < 1.29 is 14.6 Å². The molecule has 0 aliphatic carbocycles. The maximum atomic E-state index is 10.6. The number of rotatable bonds is 4. The summed E-state index contributed by atoms with van der Waals surface area (Å²) in [5, 5.41) is 8.88. The topological polar surface area (TPSA) is 46.5 Å². The largest absolute Gasteiger partial charge is 0.460 e. The summed E-state index contributed by atoms with van der Waals surface area (Å²) in [6, 6.07) is 0.822. The van der Waals surface area contributed by atoms with Crippen LogP contribution in [0.3, 0.4) is 0 Å². The molecular weight excluding hydrogens is 172 g/mol. The number of hydrogen-bond acceptors (Lipinski definition) is 3. The fourth-order valence-electron chi connectivity index (χ4n) is 1.06. The van der Waals surface area contributed by atoms with Gasteiger partial charge in [0, 0.05) is 15.0 Å². The van der Waals surface area contributed by atoms with Crippen molar-refractivity contribution in [3.05, 3.63) is 0 Å². The van der Waals surface area contributed by atoms with Crippen molar-refractivity contribution in [2.45, 2.75) is 38.7 Å². The Bertz CT molecular complexity index is 151. The molecule has 1 unspecified atom stereocenters. The van der Waals surface area contributed by atoms with Crippen LogP contribution in [0.1, 0.15) is 6.92 Å². The van der Waals surface area contributed by atoms with E-state index >= 15 is 0 Å². The highest BCUT2D eigenvalue weighted by Crippen LogP contribution is 2.13. The first kappa shape index (κ1) is 11.6. The predicted octanol–water partition coefficient (Wildman–Crippen LogP) is 1.25. The van der Waals surface area contributed by atoms with E-state index in [2.05, 4.69) is 19.6 Å². The molecule has 0 bridgehead atoms. The highest BCUT2D eigenvalue weighted by Gasteiger charge is 2.21. The Labute approximate surface area is 74.7 Å². The molecule has 0 rings (SSSR count). The maximum absolute atomic E-state index is 10.6.